The number of likely N-dealkylation sites (tertiary alicyclic amines) is 1. The third-order valence-corrected chi connectivity index (χ3v) is 9.22. The molecule has 10 heteroatoms. The van der Waals surface area contributed by atoms with Crippen LogP contribution in [-0.4, -0.2) is 108 Å². The van der Waals surface area contributed by atoms with E-state index >= 15 is 0 Å². The van der Waals surface area contributed by atoms with Gasteiger partial charge in [0.05, 0.1) is 13.2 Å². The number of esters is 1. The highest BCUT2D eigenvalue weighted by atomic mass is 35.5. The van der Waals surface area contributed by atoms with Gasteiger partial charge in [-0.25, -0.2) is 0 Å². The molecule has 1 aromatic carbocycles. The van der Waals surface area contributed by atoms with Crippen LogP contribution in [0.25, 0.3) is 0 Å². The highest BCUT2D eigenvalue weighted by Crippen LogP contribution is 2.43. The van der Waals surface area contributed by atoms with Gasteiger partial charge in [0, 0.05) is 56.8 Å². The third kappa shape index (κ3) is 7.50. The van der Waals surface area contributed by atoms with Crippen molar-refractivity contribution in [2.24, 2.45) is 11.8 Å². The Labute approximate surface area is 251 Å². The van der Waals surface area contributed by atoms with E-state index in [-0.39, 0.29) is 48.6 Å². The molecule has 4 fully saturated rings. The lowest BCUT2D eigenvalue weighted by Gasteiger charge is -2.57. The minimum absolute atomic E-state index is 0. The van der Waals surface area contributed by atoms with Crippen LogP contribution in [-0.2, 0) is 14.3 Å². The zero-order valence-corrected chi connectivity index (χ0v) is 25.4. The maximum Gasteiger partial charge on any atom is 0.305 e. The van der Waals surface area contributed by atoms with Gasteiger partial charge >= 0.3 is 5.97 Å². The number of ether oxygens (including phenoxy) is 1. The maximum atomic E-state index is 13.8. The number of halogens is 2. The van der Waals surface area contributed by atoms with Crippen molar-refractivity contribution in [3.05, 3.63) is 35.9 Å². The number of carbonyl (C=O) groups excluding carboxylic acids is 3. The molecular weight excluding hydrogens is 551 g/mol. The molecule has 40 heavy (non-hydrogen) atoms. The van der Waals surface area contributed by atoms with E-state index in [1.165, 1.54) is 38.8 Å². The van der Waals surface area contributed by atoms with Crippen LogP contribution >= 0.6 is 24.8 Å². The summed E-state index contributed by atoms with van der Waals surface area (Å²) < 4.78 is 5.16. The summed E-state index contributed by atoms with van der Waals surface area (Å²) in [7, 11) is 0. The van der Waals surface area contributed by atoms with E-state index in [1.54, 1.807) is 0 Å². The van der Waals surface area contributed by atoms with Crippen LogP contribution in [0.2, 0.25) is 0 Å². The molecule has 1 aromatic rings. The summed E-state index contributed by atoms with van der Waals surface area (Å²) in [6.07, 6.45) is 6.85. The number of piperazine rings is 1. The Hall–Kier alpha value is -1.87. The summed E-state index contributed by atoms with van der Waals surface area (Å²) in [6.45, 7) is 8.61. The lowest BCUT2D eigenvalue weighted by Crippen LogP contribution is -2.66. The van der Waals surface area contributed by atoms with Crippen LogP contribution in [0, 0.1) is 11.8 Å². The Morgan fingerprint density at radius 3 is 2.33 bits per heavy atom. The molecule has 4 saturated heterocycles. The Morgan fingerprint density at radius 1 is 0.925 bits per heavy atom. The fourth-order valence-electron chi connectivity index (χ4n) is 7.49. The zero-order valence-electron chi connectivity index (χ0n) is 23.7. The molecule has 4 aliphatic rings. The molecule has 0 aromatic heterocycles. The smallest absolute Gasteiger partial charge is 0.305 e. The number of carbonyl (C=O) groups is 3. The molecular formula is C30H46Cl2N4O4. The van der Waals surface area contributed by atoms with Crippen molar-refractivity contribution in [2.45, 2.75) is 64.0 Å². The molecule has 8 nitrogen and oxygen atoms in total. The number of hydrogen-bond acceptors (Lipinski definition) is 6. The first-order chi connectivity index (χ1) is 18.5. The summed E-state index contributed by atoms with van der Waals surface area (Å²) in [5.74, 6) is 1.20. The van der Waals surface area contributed by atoms with Crippen molar-refractivity contribution >= 4 is 42.6 Å². The van der Waals surface area contributed by atoms with Crippen LogP contribution in [0.15, 0.2) is 30.3 Å². The van der Waals surface area contributed by atoms with E-state index in [2.05, 4.69) is 14.7 Å². The molecule has 5 rings (SSSR count). The van der Waals surface area contributed by atoms with E-state index in [0.717, 1.165) is 38.0 Å². The van der Waals surface area contributed by atoms with Gasteiger partial charge in [0.15, 0.2) is 0 Å². The van der Waals surface area contributed by atoms with Crippen molar-refractivity contribution in [1.82, 2.24) is 19.6 Å². The quantitative estimate of drug-likeness (QED) is 0.426. The van der Waals surface area contributed by atoms with Crippen LogP contribution in [0.3, 0.4) is 0 Å². The van der Waals surface area contributed by atoms with Gasteiger partial charge in [-0.15, -0.1) is 24.8 Å². The van der Waals surface area contributed by atoms with Crippen molar-refractivity contribution in [3.63, 3.8) is 0 Å². The fourth-order valence-corrected chi connectivity index (χ4v) is 7.49. The van der Waals surface area contributed by atoms with Crippen molar-refractivity contribution in [1.29, 1.82) is 0 Å². The van der Waals surface area contributed by atoms with E-state index in [4.69, 9.17) is 4.74 Å². The molecule has 0 saturated carbocycles. The average Bonchev–Trinajstić information content (AvgIpc) is 2.95. The van der Waals surface area contributed by atoms with E-state index < -0.39 is 0 Å². The largest absolute Gasteiger partial charge is 0.466 e. The zero-order chi connectivity index (χ0) is 26.5. The Balaban J connectivity index is 0.00000220. The summed E-state index contributed by atoms with van der Waals surface area (Å²) in [5.41, 5.74) is 0.722. The summed E-state index contributed by atoms with van der Waals surface area (Å²) in [4.78, 5) is 47.7. The summed E-state index contributed by atoms with van der Waals surface area (Å²) >= 11 is 0. The monoisotopic (exact) mass is 596 g/mol. The van der Waals surface area contributed by atoms with Crippen LogP contribution in [0.4, 0.5) is 0 Å². The van der Waals surface area contributed by atoms with Crippen LogP contribution < -0.4 is 0 Å². The minimum atomic E-state index is -0.134. The van der Waals surface area contributed by atoms with Gasteiger partial charge in [0.25, 0.3) is 5.91 Å². The third-order valence-electron chi connectivity index (χ3n) is 9.22. The first kappa shape index (κ1) is 32.6. The number of hydrogen-bond donors (Lipinski definition) is 0. The lowest BCUT2D eigenvalue weighted by atomic mass is 9.69. The Morgan fingerprint density at radius 2 is 1.62 bits per heavy atom. The second kappa shape index (κ2) is 15.4. The second-order valence-electron chi connectivity index (χ2n) is 11.5. The second-order valence-corrected chi connectivity index (χ2v) is 11.5. The molecule has 0 N–H and O–H groups in total. The maximum absolute atomic E-state index is 13.8. The van der Waals surface area contributed by atoms with Crippen molar-refractivity contribution in [2.75, 3.05) is 59.0 Å². The predicted molar refractivity (Wildman–Crippen MR) is 160 cm³/mol. The van der Waals surface area contributed by atoms with Crippen LogP contribution in [0.1, 0.15) is 62.2 Å². The molecule has 4 heterocycles. The van der Waals surface area contributed by atoms with E-state index in [1.807, 2.05) is 42.2 Å². The number of nitrogens with zero attached hydrogens (tertiary/aromatic N) is 4. The first-order valence-electron chi connectivity index (χ1n) is 14.8. The van der Waals surface area contributed by atoms with Gasteiger partial charge < -0.3 is 14.5 Å². The fraction of sp³-hybridized carbons (Fsp3) is 0.700. The number of piperidine rings is 3. The SMILES string of the molecule is CCOC(=O)CCCC1C2CCCN3CCCC(CN1C(=O)CN1CCN(C(=O)c4ccccc4)CC1)C23.Cl.Cl. The minimum Gasteiger partial charge on any atom is -0.466 e. The van der Waals surface area contributed by atoms with Gasteiger partial charge in [0.2, 0.25) is 5.91 Å². The highest BCUT2D eigenvalue weighted by molar-refractivity contribution is 5.94. The highest BCUT2D eigenvalue weighted by Gasteiger charge is 2.49. The topological polar surface area (TPSA) is 73.4 Å². The molecule has 0 aliphatic carbocycles. The van der Waals surface area contributed by atoms with E-state index in [0.29, 0.717) is 50.5 Å². The Bertz CT molecular complexity index is 974. The Kier molecular flexibility index (Phi) is 12.6. The standard InChI is InChI=1S/C30H44N4O4.2ClH/c1-2-38-28(36)14-6-13-26-25-12-8-16-32-15-7-11-24(29(25)32)21-34(26)27(35)22-31-17-19-33(20-18-31)30(37)23-9-4-3-5-10-23;;/h3-5,9-10,24-26,29H,2,6-8,11-22H2,1H3;2*1H. The molecule has 4 atom stereocenters. The van der Waals surface area contributed by atoms with Gasteiger partial charge in [-0.3, -0.25) is 24.2 Å². The molecule has 224 valence electrons. The van der Waals surface area contributed by atoms with Crippen molar-refractivity contribution < 1.29 is 19.1 Å². The molecule has 0 bridgehead atoms. The molecule has 0 spiro atoms. The van der Waals surface area contributed by atoms with Gasteiger partial charge in [-0.05, 0) is 82.5 Å². The number of rotatable bonds is 8. The van der Waals surface area contributed by atoms with Gasteiger partial charge in [0.1, 0.15) is 0 Å². The molecule has 4 aliphatic heterocycles. The summed E-state index contributed by atoms with van der Waals surface area (Å²) in [5, 5.41) is 0. The lowest BCUT2D eigenvalue weighted by molar-refractivity contribution is -0.148. The van der Waals surface area contributed by atoms with E-state index in [9.17, 15) is 14.4 Å². The van der Waals surface area contributed by atoms with Crippen LogP contribution in [0.5, 0.6) is 0 Å². The number of amides is 2. The predicted octanol–water partition coefficient (Wildman–Crippen LogP) is 3.72. The molecule has 2 amide bonds. The molecule has 0 radical (unpaired) electrons. The average molecular weight is 598 g/mol. The normalized spacial score (nSPS) is 26.6. The van der Waals surface area contributed by atoms with Gasteiger partial charge in [-0.1, -0.05) is 18.2 Å². The number of benzene rings is 1. The molecule has 4 unspecified atom stereocenters. The summed E-state index contributed by atoms with van der Waals surface area (Å²) in [6, 6.07) is 10.2. The van der Waals surface area contributed by atoms with Crippen molar-refractivity contribution in [3.8, 4) is 0 Å². The van der Waals surface area contributed by atoms with Gasteiger partial charge in [-0.2, -0.15) is 0 Å². The first-order valence-corrected chi connectivity index (χ1v) is 14.8.